The van der Waals surface area contributed by atoms with E-state index in [2.05, 4.69) is 0 Å². The molecular weight excluding hydrogens is 256 g/mol. The largest absolute Gasteiger partial charge is 0.493 e. The van der Waals surface area contributed by atoms with Gasteiger partial charge in [0.05, 0.1) is 20.3 Å². The fourth-order valence-electron chi connectivity index (χ4n) is 2.26. The second kappa shape index (κ2) is 6.46. The van der Waals surface area contributed by atoms with E-state index < -0.39 is 0 Å². The Kier molecular flexibility index (Phi) is 4.89. The topological polar surface area (TPSA) is 47.9 Å². The molecule has 1 fully saturated rings. The first-order valence-electron chi connectivity index (χ1n) is 7.10. The van der Waals surface area contributed by atoms with Gasteiger partial charge in [0.25, 0.3) is 0 Å². The van der Waals surface area contributed by atoms with E-state index in [0.717, 1.165) is 30.8 Å². The summed E-state index contributed by atoms with van der Waals surface area (Å²) in [5.74, 6) is 1.44. The van der Waals surface area contributed by atoms with Crippen LogP contribution in [-0.2, 0) is 10.2 Å². The van der Waals surface area contributed by atoms with Crippen LogP contribution in [0.2, 0.25) is 0 Å². The van der Waals surface area contributed by atoms with Crippen LogP contribution in [0.3, 0.4) is 0 Å². The molecule has 20 heavy (non-hydrogen) atoms. The van der Waals surface area contributed by atoms with Crippen LogP contribution in [0, 0.1) is 0 Å². The first kappa shape index (κ1) is 15.1. The smallest absolute Gasteiger partial charge is 0.161 e. The second-order valence-corrected chi connectivity index (χ2v) is 5.86. The number of aliphatic hydroxyl groups excluding tert-OH is 1. The molecule has 4 heteroatoms. The van der Waals surface area contributed by atoms with E-state index in [1.165, 1.54) is 0 Å². The summed E-state index contributed by atoms with van der Waals surface area (Å²) >= 11 is 0. The fourth-order valence-corrected chi connectivity index (χ4v) is 2.26. The number of aliphatic hydroxyl groups is 1. The van der Waals surface area contributed by atoms with E-state index in [-0.39, 0.29) is 18.1 Å². The van der Waals surface area contributed by atoms with Crippen LogP contribution in [0.4, 0.5) is 0 Å². The van der Waals surface area contributed by atoms with Crippen molar-refractivity contribution in [2.75, 3.05) is 26.9 Å². The van der Waals surface area contributed by atoms with E-state index in [1.54, 1.807) is 7.11 Å². The van der Waals surface area contributed by atoms with Gasteiger partial charge in [-0.15, -0.1) is 0 Å². The molecule has 112 valence electrons. The van der Waals surface area contributed by atoms with Gasteiger partial charge in [-0.05, 0) is 30.5 Å². The van der Waals surface area contributed by atoms with Gasteiger partial charge in [-0.3, -0.25) is 0 Å². The summed E-state index contributed by atoms with van der Waals surface area (Å²) in [7, 11) is 1.63. The molecule has 0 radical (unpaired) electrons. The number of methoxy groups -OCH3 is 1. The third-order valence-corrected chi connectivity index (χ3v) is 3.75. The van der Waals surface area contributed by atoms with E-state index in [1.807, 2.05) is 32.0 Å². The Hall–Kier alpha value is -1.26. The van der Waals surface area contributed by atoms with Crippen LogP contribution < -0.4 is 9.47 Å². The molecule has 1 aliphatic heterocycles. The summed E-state index contributed by atoms with van der Waals surface area (Å²) in [5.41, 5.74) is 0.740. The van der Waals surface area contributed by atoms with E-state index in [0.29, 0.717) is 12.4 Å². The predicted octanol–water partition coefficient (Wildman–Crippen LogP) is 2.52. The molecule has 0 spiro atoms. The molecule has 1 atom stereocenters. The van der Waals surface area contributed by atoms with Crippen molar-refractivity contribution < 1.29 is 19.3 Å². The van der Waals surface area contributed by atoms with Crippen LogP contribution in [0.15, 0.2) is 18.2 Å². The van der Waals surface area contributed by atoms with Crippen molar-refractivity contribution in [3.05, 3.63) is 23.8 Å². The number of rotatable bonds is 5. The molecule has 0 aromatic heterocycles. The number of ether oxygens (including phenoxy) is 3. The highest BCUT2D eigenvalue weighted by Crippen LogP contribution is 2.34. The predicted molar refractivity (Wildman–Crippen MR) is 77.6 cm³/mol. The monoisotopic (exact) mass is 280 g/mol. The van der Waals surface area contributed by atoms with Crippen LogP contribution in [0.1, 0.15) is 32.3 Å². The van der Waals surface area contributed by atoms with Gasteiger partial charge in [-0.1, -0.05) is 19.9 Å². The summed E-state index contributed by atoms with van der Waals surface area (Å²) in [6, 6.07) is 5.84. The normalized spacial score (nSPS) is 19.7. The van der Waals surface area contributed by atoms with Gasteiger partial charge in [0.15, 0.2) is 11.5 Å². The maximum Gasteiger partial charge on any atom is 0.161 e. The molecule has 1 aromatic rings. The van der Waals surface area contributed by atoms with Crippen molar-refractivity contribution in [3.63, 3.8) is 0 Å². The average molecular weight is 280 g/mol. The third kappa shape index (κ3) is 3.44. The Bertz CT molecular complexity index is 436. The van der Waals surface area contributed by atoms with E-state index in [9.17, 15) is 5.11 Å². The first-order valence-corrected chi connectivity index (χ1v) is 7.10. The molecular formula is C16H24O4. The van der Waals surface area contributed by atoms with Gasteiger partial charge in [0, 0.05) is 12.0 Å². The Morgan fingerprint density at radius 3 is 2.75 bits per heavy atom. The Morgan fingerprint density at radius 2 is 2.15 bits per heavy atom. The van der Waals surface area contributed by atoms with Crippen molar-refractivity contribution in [3.8, 4) is 11.5 Å². The molecule has 0 bridgehead atoms. The molecule has 1 aromatic carbocycles. The summed E-state index contributed by atoms with van der Waals surface area (Å²) in [6.07, 6.45) is 2.13. The van der Waals surface area contributed by atoms with Crippen LogP contribution in [0.5, 0.6) is 11.5 Å². The molecule has 1 aliphatic rings. The highest BCUT2D eigenvalue weighted by Gasteiger charge is 2.22. The van der Waals surface area contributed by atoms with Gasteiger partial charge in [0.1, 0.15) is 6.10 Å². The van der Waals surface area contributed by atoms with Gasteiger partial charge in [-0.2, -0.15) is 0 Å². The van der Waals surface area contributed by atoms with Crippen molar-refractivity contribution in [2.45, 2.75) is 38.2 Å². The third-order valence-electron chi connectivity index (χ3n) is 3.75. The second-order valence-electron chi connectivity index (χ2n) is 5.86. The standard InChI is InChI=1S/C16H24O4/c1-16(2,11-17)12-6-7-14(15(9-12)18-3)20-13-5-4-8-19-10-13/h6-7,9,13,17H,4-5,8,10-11H2,1-3H3. The lowest BCUT2D eigenvalue weighted by molar-refractivity contribution is 0.00642. The van der Waals surface area contributed by atoms with Gasteiger partial charge >= 0.3 is 0 Å². The van der Waals surface area contributed by atoms with Crippen LogP contribution in [-0.4, -0.2) is 38.1 Å². The Morgan fingerprint density at radius 1 is 1.35 bits per heavy atom. The molecule has 1 heterocycles. The Balaban J connectivity index is 2.17. The molecule has 4 nitrogen and oxygen atoms in total. The Labute approximate surface area is 120 Å². The molecule has 0 aliphatic carbocycles. The van der Waals surface area contributed by atoms with Crippen LogP contribution in [0.25, 0.3) is 0 Å². The number of benzene rings is 1. The molecule has 0 saturated carbocycles. The van der Waals surface area contributed by atoms with Gasteiger partial charge in [0.2, 0.25) is 0 Å². The van der Waals surface area contributed by atoms with Crippen LogP contribution >= 0.6 is 0 Å². The highest BCUT2D eigenvalue weighted by atomic mass is 16.5. The molecule has 1 saturated heterocycles. The fraction of sp³-hybridized carbons (Fsp3) is 0.625. The summed E-state index contributed by atoms with van der Waals surface area (Å²) in [5, 5.41) is 9.45. The maximum absolute atomic E-state index is 9.45. The highest BCUT2D eigenvalue weighted by molar-refractivity contribution is 5.45. The molecule has 0 amide bonds. The van der Waals surface area contributed by atoms with Crippen molar-refractivity contribution in [1.82, 2.24) is 0 Å². The maximum atomic E-state index is 9.45. The summed E-state index contributed by atoms with van der Waals surface area (Å²) in [4.78, 5) is 0. The zero-order valence-electron chi connectivity index (χ0n) is 12.5. The zero-order chi connectivity index (χ0) is 14.6. The number of hydrogen-bond donors (Lipinski definition) is 1. The van der Waals surface area contributed by atoms with Crippen molar-refractivity contribution in [2.24, 2.45) is 0 Å². The van der Waals surface area contributed by atoms with E-state index >= 15 is 0 Å². The van der Waals surface area contributed by atoms with Crippen molar-refractivity contribution >= 4 is 0 Å². The minimum atomic E-state index is -0.292. The first-order chi connectivity index (χ1) is 9.56. The summed E-state index contributed by atoms with van der Waals surface area (Å²) in [6.45, 7) is 5.54. The molecule has 2 rings (SSSR count). The molecule has 1 unspecified atom stereocenters. The average Bonchev–Trinajstić information content (AvgIpc) is 2.48. The minimum absolute atomic E-state index is 0.0901. The van der Waals surface area contributed by atoms with Gasteiger partial charge in [-0.25, -0.2) is 0 Å². The SMILES string of the molecule is COc1cc(C(C)(C)CO)ccc1OC1CCCOC1. The lowest BCUT2D eigenvalue weighted by Crippen LogP contribution is -2.28. The number of hydrogen-bond acceptors (Lipinski definition) is 4. The quantitative estimate of drug-likeness (QED) is 0.900. The lowest BCUT2D eigenvalue weighted by Gasteiger charge is -2.26. The lowest BCUT2D eigenvalue weighted by atomic mass is 9.85. The summed E-state index contributed by atoms with van der Waals surface area (Å²) < 4.78 is 16.8. The molecule has 1 N–H and O–H groups in total. The minimum Gasteiger partial charge on any atom is -0.493 e. The van der Waals surface area contributed by atoms with Gasteiger partial charge < -0.3 is 19.3 Å². The van der Waals surface area contributed by atoms with E-state index in [4.69, 9.17) is 14.2 Å². The zero-order valence-corrected chi connectivity index (χ0v) is 12.5. The van der Waals surface area contributed by atoms with Crippen molar-refractivity contribution in [1.29, 1.82) is 0 Å².